The molecule has 0 saturated carbocycles. The van der Waals surface area contributed by atoms with E-state index < -0.39 is 0 Å². The van der Waals surface area contributed by atoms with Crippen LogP contribution in [0.1, 0.15) is 11.1 Å². The minimum atomic E-state index is 0.306. The molecule has 0 spiro atoms. The van der Waals surface area contributed by atoms with Crippen LogP contribution in [0.25, 0.3) is 0 Å². The second kappa shape index (κ2) is 4.26. The lowest BCUT2D eigenvalue weighted by atomic mass is 10.1. The second-order valence-corrected chi connectivity index (χ2v) is 4.69. The van der Waals surface area contributed by atoms with Gasteiger partial charge in [-0.1, -0.05) is 24.3 Å². The molecule has 3 heteroatoms. The molecule has 1 heterocycles. The highest BCUT2D eigenvalue weighted by Crippen LogP contribution is 2.34. The van der Waals surface area contributed by atoms with Crippen molar-refractivity contribution in [3.05, 3.63) is 53.6 Å². The number of nitrogens with zero attached hydrogens (tertiary/aromatic N) is 1. The number of aromatic hydroxyl groups is 1. The second-order valence-electron chi connectivity index (χ2n) is 4.69. The van der Waals surface area contributed by atoms with Gasteiger partial charge >= 0.3 is 0 Å². The number of hydrogen-bond donors (Lipinski definition) is 2. The lowest BCUT2D eigenvalue weighted by molar-refractivity contribution is 0.475. The molecule has 92 valence electrons. The Bertz CT molecular complexity index is 563. The number of para-hydroxylation sites is 1. The smallest absolute Gasteiger partial charge is 0.115 e. The predicted octanol–water partition coefficient (Wildman–Crippen LogP) is 2.54. The van der Waals surface area contributed by atoms with Crippen molar-refractivity contribution in [2.24, 2.45) is 0 Å². The molecule has 18 heavy (non-hydrogen) atoms. The molecular weight excluding hydrogens is 224 g/mol. The number of anilines is 2. The third-order valence-electron chi connectivity index (χ3n) is 3.43. The monoisotopic (exact) mass is 240 g/mol. The highest BCUT2D eigenvalue weighted by molar-refractivity contribution is 5.74. The van der Waals surface area contributed by atoms with Crippen LogP contribution in [0.4, 0.5) is 11.4 Å². The van der Waals surface area contributed by atoms with E-state index in [2.05, 4.69) is 11.0 Å². The fraction of sp³-hybridized carbons (Fsp3) is 0.200. The molecule has 2 aromatic carbocycles. The number of hydrogen-bond acceptors (Lipinski definition) is 3. The van der Waals surface area contributed by atoms with Gasteiger partial charge in [-0.15, -0.1) is 0 Å². The van der Waals surface area contributed by atoms with Gasteiger partial charge in [0.05, 0.1) is 11.4 Å². The van der Waals surface area contributed by atoms with Gasteiger partial charge in [0.25, 0.3) is 0 Å². The molecule has 3 nitrogen and oxygen atoms in total. The van der Waals surface area contributed by atoms with E-state index in [1.807, 2.05) is 24.3 Å². The summed E-state index contributed by atoms with van der Waals surface area (Å²) in [7, 11) is 0. The molecule has 3 N–H and O–H groups in total. The number of phenolic OH excluding ortho intramolecular Hbond substituents is 1. The largest absolute Gasteiger partial charge is 0.508 e. The Hall–Kier alpha value is -2.16. The zero-order chi connectivity index (χ0) is 12.5. The van der Waals surface area contributed by atoms with Gasteiger partial charge in [0, 0.05) is 13.1 Å². The molecule has 0 unspecified atom stereocenters. The van der Waals surface area contributed by atoms with E-state index in [1.165, 1.54) is 16.8 Å². The predicted molar refractivity (Wildman–Crippen MR) is 73.7 cm³/mol. The van der Waals surface area contributed by atoms with Crippen molar-refractivity contribution in [1.29, 1.82) is 0 Å². The van der Waals surface area contributed by atoms with Crippen LogP contribution in [0, 0.1) is 0 Å². The Labute approximate surface area is 106 Å². The molecular formula is C15H16N2O. The SMILES string of the molecule is Nc1cccc2c1N(Cc1ccc(O)cc1)CC2. The number of fused-ring (bicyclic) bond motifs is 1. The van der Waals surface area contributed by atoms with Gasteiger partial charge in [0.15, 0.2) is 0 Å². The van der Waals surface area contributed by atoms with Gasteiger partial charge in [-0.25, -0.2) is 0 Å². The molecule has 0 atom stereocenters. The van der Waals surface area contributed by atoms with E-state index in [-0.39, 0.29) is 0 Å². The summed E-state index contributed by atoms with van der Waals surface area (Å²) in [6.07, 6.45) is 1.05. The first-order chi connectivity index (χ1) is 8.74. The first-order valence-electron chi connectivity index (χ1n) is 6.14. The van der Waals surface area contributed by atoms with Crippen LogP contribution in [0.2, 0.25) is 0 Å². The summed E-state index contributed by atoms with van der Waals surface area (Å²) in [5.74, 6) is 0.306. The van der Waals surface area contributed by atoms with Crippen molar-refractivity contribution in [2.45, 2.75) is 13.0 Å². The maximum atomic E-state index is 9.29. The van der Waals surface area contributed by atoms with E-state index in [1.54, 1.807) is 12.1 Å². The lowest BCUT2D eigenvalue weighted by Crippen LogP contribution is -2.20. The van der Waals surface area contributed by atoms with Crippen LogP contribution >= 0.6 is 0 Å². The van der Waals surface area contributed by atoms with Crippen molar-refractivity contribution < 1.29 is 5.11 Å². The van der Waals surface area contributed by atoms with Crippen LogP contribution in [0.3, 0.4) is 0 Å². The maximum Gasteiger partial charge on any atom is 0.115 e. The number of nitrogen functional groups attached to an aromatic ring is 1. The molecule has 2 aromatic rings. The first-order valence-corrected chi connectivity index (χ1v) is 6.14. The lowest BCUT2D eigenvalue weighted by Gasteiger charge is -2.21. The summed E-state index contributed by atoms with van der Waals surface area (Å²) in [6.45, 7) is 1.84. The molecule has 1 aliphatic heterocycles. The normalized spacial score (nSPS) is 13.7. The maximum absolute atomic E-state index is 9.29. The number of benzene rings is 2. The van der Waals surface area contributed by atoms with E-state index >= 15 is 0 Å². The zero-order valence-electron chi connectivity index (χ0n) is 10.1. The van der Waals surface area contributed by atoms with E-state index in [0.29, 0.717) is 5.75 Å². The molecule has 0 amide bonds. The third-order valence-corrected chi connectivity index (χ3v) is 3.43. The summed E-state index contributed by atoms with van der Waals surface area (Å²) < 4.78 is 0. The molecule has 0 radical (unpaired) electrons. The number of rotatable bonds is 2. The van der Waals surface area contributed by atoms with Crippen LogP contribution in [0.15, 0.2) is 42.5 Å². The summed E-state index contributed by atoms with van der Waals surface area (Å²) in [5.41, 5.74) is 10.6. The minimum absolute atomic E-state index is 0.306. The van der Waals surface area contributed by atoms with Crippen molar-refractivity contribution in [3.63, 3.8) is 0 Å². The Morgan fingerprint density at radius 3 is 2.67 bits per heavy atom. The van der Waals surface area contributed by atoms with Gasteiger partial charge in [-0.3, -0.25) is 0 Å². The molecule has 0 aliphatic carbocycles. The quantitative estimate of drug-likeness (QED) is 0.793. The zero-order valence-corrected chi connectivity index (χ0v) is 10.1. The van der Waals surface area contributed by atoms with Crippen molar-refractivity contribution in [2.75, 3.05) is 17.2 Å². The molecule has 3 rings (SSSR count). The summed E-state index contributed by atoms with van der Waals surface area (Å²) >= 11 is 0. The minimum Gasteiger partial charge on any atom is -0.508 e. The van der Waals surface area contributed by atoms with Gasteiger partial charge < -0.3 is 15.7 Å². The fourth-order valence-electron chi connectivity index (χ4n) is 2.55. The van der Waals surface area contributed by atoms with Crippen molar-refractivity contribution >= 4 is 11.4 Å². The highest BCUT2D eigenvalue weighted by Gasteiger charge is 2.20. The van der Waals surface area contributed by atoms with Crippen molar-refractivity contribution in [3.8, 4) is 5.75 Å². The highest BCUT2D eigenvalue weighted by atomic mass is 16.3. The fourth-order valence-corrected chi connectivity index (χ4v) is 2.55. The number of nitrogens with two attached hydrogens (primary N) is 1. The molecule has 0 fully saturated rings. The topological polar surface area (TPSA) is 49.5 Å². The van der Waals surface area contributed by atoms with Crippen LogP contribution in [-0.4, -0.2) is 11.7 Å². The average Bonchev–Trinajstić information content (AvgIpc) is 2.77. The van der Waals surface area contributed by atoms with Gasteiger partial charge in [-0.2, -0.15) is 0 Å². The molecule has 0 aromatic heterocycles. The Balaban J connectivity index is 1.86. The Morgan fingerprint density at radius 1 is 1.11 bits per heavy atom. The van der Waals surface area contributed by atoms with Crippen LogP contribution in [0.5, 0.6) is 5.75 Å². The molecule has 1 aliphatic rings. The molecule has 0 saturated heterocycles. The number of phenols is 1. The first kappa shape index (κ1) is 11.0. The van der Waals surface area contributed by atoms with Gasteiger partial charge in [0.1, 0.15) is 5.75 Å². The average molecular weight is 240 g/mol. The van der Waals surface area contributed by atoms with E-state index in [0.717, 1.165) is 25.2 Å². The third kappa shape index (κ3) is 1.88. The summed E-state index contributed by atoms with van der Waals surface area (Å²) in [6, 6.07) is 13.5. The Morgan fingerprint density at radius 2 is 1.89 bits per heavy atom. The standard InChI is InChI=1S/C15H16N2O/c16-14-3-1-2-12-8-9-17(15(12)14)10-11-4-6-13(18)7-5-11/h1-7,18H,8-10,16H2. The van der Waals surface area contributed by atoms with Crippen LogP contribution < -0.4 is 10.6 Å². The van der Waals surface area contributed by atoms with E-state index in [9.17, 15) is 5.11 Å². The molecule has 0 bridgehead atoms. The van der Waals surface area contributed by atoms with Crippen LogP contribution in [-0.2, 0) is 13.0 Å². The van der Waals surface area contributed by atoms with Crippen molar-refractivity contribution in [1.82, 2.24) is 0 Å². The van der Waals surface area contributed by atoms with Gasteiger partial charge in [-0.05, 0) is 35.7 Å². The van der Waals surface area contributed by atoms with Gasteiger partial charge in [0.2, 0.25) is 0 Å². The summed E-state index contributed by atoms with van der Waals surface area (Å²) in [4.78, 5) is 2.30. The Kier molecular flexibility index (Phi) is 2.59. The van der Waals surface area contributed by atoms with E-state index in [4.69, 9.17) is 5.73 Å². The summed E-state index contributed by atoms with van der Waals surface area (Å²) in [5, 5.41) is 9.29.